The SMILES string of the molecule is O=C(C1CCCC1)N1CC[C@@]2(O)CCN(CCOc3ccccc3)C[C@H]2C1. The van der Waals surface area contributed by atoms with Crippen molar-refractivity contribution < 1.29 is 14.6 Å². The van der Waals surface area contributed by atoms with E-state index in [2.05, 4.69) is 4.90 Å². The summed E-state index contributed by atoms with van der Waals surface area (Å²) in [6, 6.07) is 9.90. The number of ether oxygens (including phenoxy) is 1. The Hall–Kier alpha value is -1.59. The van der Waals surface area contributed by atoms with Crippen molar-refractivity contribution in [3.63, 3.8) is 0 Å². The molecule has 1 aromatic rings. The molecule has 148 valence electrons. The fraction of sp³-hybridized carbons (Fsp3) is 0.682. The van der Waals surface area contributed by atoms with Crippen LogP contribution < -0.4 is 4.74 Å². The number of piperidine rings is 2. The van der Waals surface area contributed by atoms with Crippen LogP contribution in [0.25, 0.3) is 0 Å². The third-order valence-electron chi connectivity index (χ3n) is 6.79. The number of fused-ring (bicyclic) bond motifs is 1. The molecule has 0 spiro atoms. The molecule has 4 rings (SSSR count). The molecule has 5 nitrogen and oxygen atoms in total. The van der Waals surface area contributed by atoms with Gasteiger partial charge in [0.25, 0.3) is 0 Å². The first-order valence-electron chi connectivity index (χ1n) is 10.6. The normalized spacial score (nSPS) is 29.5. The molecule has 1 amide bonds. The van der Waals surface area contributed by atoms with Gasteiger partial charge in [-0.05, 0) is 37.8 Å². The van der Waals surface area contributed by atoms with E-state index >= 15 is 0 Å². The van der Waals surface area contributed by atoms with Crippen molar-refractivity contribution in [2.45, 2.75) is 44.1 Å². The molecule has 3 fully saturated rings. The number of para-hydroxylation sites is 1. The van der Waals surface area contributed by atoms with E-state index in [1.54, 1.807) is 0 Å². The van der Waals surface area contributed by atoms with Crippen molar-refractivity contribution in [2.75, 3.05) is 39.3 Å². The van der Waals surface area contributed by atoms with E-state index in [1.807, 2.05) is 35.2 Å². The van der Waals surface area contributed by atoms with Crippen LogP contribution in [-0.2, 0) is 4.79 Å². The van der Waals surface area contributed by atoms with Crippen LogP contribution in [0.5, 0.6) is 5.75 Å². The number of likely N-dealkylation sites (tertiary alicyclic amines) is 2. The number of nitrogens with zero attached hydrogens (tertiary/aromatic N) is 2. The van der Waals surface area contributed by atoms with E-state index in [0.717, 1.165) is 57.6 Å². The van der Waals surface area contributed by atoms with Crippen molar-refractivity contribution in [3.8, 4) is 5.75 Å². The van der Waals surface area contributed by atoms with Crippen molar-refractivity contribution in [1.82, 2.24) is 9.80 Å². The average Bonchev–Trinajstić information content (AvgIpc) is 3.23. The lowest BCUT2D eigenvalue weighted by atomic mass is 9.75. The lowest BCUT2D eigenvalue weighted by Gasteiger charge is -2.50. The number of aliphatic hydroxyl groups is 1. The Morgan fingerprint density at radius 2 is 1.85 bits per heavy atom. The monoisotopic (exact) mass is 372 g/mol. The largest absolute Gasteiger partial charge is 0.492 e. The van der Waals surface area contributed by atoms with Crippen LogP contribution in [0.3, 0.4) is 0 Å². The molecule has 2 heterocycles. The molecule has 2 aliphatic heterocycles. The molecular formula is C22H32N2O3. The smallest absolute Gasteiger partial charge is 0.225 e. The summed E-state index contributed by atoms with van der Waals surface area (Å²) in [5.41, 5.74) is -0.594. The lowest BCUT2D eigenvalue weighted by molar-refractivity contribution is -0.150. The second kappa shape index (κ2) is 8.19. The van der Waals surface area contributed by atoms with E-state index < -0.39 is 5.60 Å². The van der Waals surface area contributed by atoms with Gasteiger partial charge in [0.1, 0.15) is 12.4 Å². The molecule has 3 aliphatic rings. The zero-order chi connectivity index (χ0) is 18.7. The van der Waals surface area contributed by atoms with Crippen LogP contribution in [0.1, 0.15) is 38.5 Å². The molecule has 5 heteroatoms. The van der Waals surface area contributed by atoms with Gasteiger partial charge < -0.3 is 14.7 Å². The second-order valence-corrected chi connectivity index (χ2v) is 8.53. The molecule has 0 unspecified atom stereocenters. The number of carbonyl (C=O) groups is 1. The molecule has 0 radical (unpaired) electrons. The molecule has 2 saturated heterocycles. The Morgan fingerprint density at radius 1 is 1.11 bits per heavy atom. The number of amides is 1. The van der Waals surface area contributed by atoms with Gasteiger partial charge in [0.15, 0.2) is 0 Å². The Labute approximate surface area is 162 Å². The van der Waals surface area contributed by atoms with Gasteiger partial charge >= 0.3 is 0 Å². The fourth-order valence-corrected chi connectivity index (χ4v) is 5.01. The van der Waals surface area contributed by atoms with Gasteiger partial charge in [-0.25, -0.2) is 0 Å². The zero-order valence-corrected chi connectivity index (χ0v) is 16.2. The highest BCUT2D eigenvalue weighted by molar-refractivity contribution is 5.79. The summed E-state index contributed by atoms with van der Waals surface area (Å²) in [6.45, 7) is 4.70. The van der Waals surface area contributed by atoms with Crippen molar-refractivity contribution in [2.24, 2.45) is 11.8 Å². The van der Waals surface area contributed by atoms with Crippen LogP contribution in [0, 0.1) is 11.8 Å². The van der Waals surface area contributed by atoms with Crippen LogP contribution in [0.2, 0.25) is 0 Å². The summed E-state index contributed by atoms with van der Waals surface area (Å²) in [5.74, 6) is 1.62. The number of benzene rings is 1. The minimum Gasteiger partial charge on any atom is -0.492 e. The molecular weight excluding hydrogens is 340 g/mol. The summed E-state index contributed by atoms with van der Waals surface area (Å²) < 4.78 is 5.83. The number of carbonyl (C=O) groups excluding carboxylic acids is 1. The molecule has 0 bridgehead atoms. The Balaban J connectivity index is 1.29. The predicted octanol–water partition coefficient (Wildman–Crippen LogP) is 2.54. The van der Waals surface area contributed by atoms with E-state index in [9.17, 15) is 9.90 Å². The molecule has 0 aromatic heterocycles. The van der Waals surface area contributed by atoms with Crippen molar-refractivity contribution in [3.05, 3.63) is 30.3 Å². The van der Waals surface area contributed by atoms with Gasteiger partial charge in [0, 0.05) is 44.6 Å². The summed E-state index contributed by atoms with van der Waals surface area (Å²) >= 11 is 0. The fourth-order valence-electron chi connectivity index (χ4n) is 5.01. The van der Waals surface area contributed by atoms with Gasteiger partial charge in [0.2, 0.25) is 5.91 Å². The Morgan fingerprint density at radius 3 is 2.63 bits per heavy atom. The highest BCUT2D eigenvalue weighted by Gasteiger charge is 2.46. The molecule has 1 aliphatic carbocycles. The standard InChI is InChI=1S/C22H32N2O3/c25-21(18-6-4-5-7-18)24-13-11-22(26)10-12-23(16-19(22)17-24)14-15-27-20-8-2-1-3-9-20/h1-3,8-9,18-19,26H,4-7,10-17H2/t19-,22-/m0/s1. The van der Waals surface area contributed by atoms with E-state index in [0.29, 0.717) is 19.1 Å². The van der Waals surface area contributed by atoms with Crippen molar-refractivity contribution in [1.29, 1.82) is 0 Å². The maximum Gasteiger partial charge on any atom is 0.225 e. The highest BCUT2D eigenvalue weighted by Crippen LogP contribution is 2.37. The first-order valence-corrected chi connectivity index (χ1v) is 10.6. The maximum absolute atomic E-state index is 12.8. The second-order valence-electron chi connectivity index (χ2n) is 8.53. The van der Waals surface area contributed by atoms with Gasteiger partial charge in [-0.3, -0.25) is 9.69 Å². The topological polar surface area (TPSA) is 53.0 Å². The summed E-state index contributed by atoms with van der Waals surface area (Å²) in [5, 5.41) is 11.1. The van der Waals surface area contributed by atoms with Gasteiger partial charge in [-0.2, -0.15) is 0 Å². The van der Waals surface area contributed by atoms with Gasteiger partial charge in [-0.1, -0.05) is 31.0 Å². The third-order valence-corrected chi connectivity index (χ3v) is 6.79. The predicted molar refractivity (Wildman–Crippen MR) is 105 cm³/mol. The minimum atomic E-state index is -0.594. The van der Waals surface area contributed by atoms with Gasteiger partial charge in [-0.15, -0.1) is 0 Å². The number of rotatable bonds is 5. The van der Waals surface area contributed by atoms with Crippen molar-refractivity contribution >= 4 is 5.91 Å². The maximum atomic E-state index is 12.8. The summed E-state index contributed by atoms with van der Waals surface area (Å²) in [7, 11) is 0. The molecule has 1 aromatic carbocycles. The number of hydrogen-bond acceptors (Lipinski definition) is 4. The Bertz CT molecular complexity index is 632. The molecule has 1 N–H and O–H groups in total. The van der Waals surface area contributed by atoms with E-state index in [4.69, 9.17) is 4.74 Å². The quantitative estimate of drug-likeness (QED) is 0.863. The van der Waals surface area contributed by atoms with E-state index in [-0.39, 0.29) is 11.8 Å². The highest BCUT2D eigenvalue weighted by atomic mass is 16.5. The lowest BCUT2D eigenvalue weighted by Crippen LogP contribution is -2.61. The van der Waals surface area contributed by atoms with Gasteiger partial charge in [0.05, 0.1) is 5.60 Å². The molecule has 1 saturated carbocycles. The Kier molecular flexibility index (Phi) is 5.69. The van der Waals surface area contributed by atoms with E-state index in [1.165, 1.54) is 12.8 Å². The van der Waals surface area contributed by atoms with Crippen LogP contribution in [0.4, 0.5) is 0 Å². The summed E-state index contributed by atoms with van der Waals surface area (Å²) in [4.78, 5) is 17.2. The first-order chi connectivity index (χ1) is 13.1. The molecule has 2 atom stereocenters. The van der Waals surface area contributed by atoms with Crippen LogP contribution in [0.15, 0.2) is 30.3 Å². The summed E-state index contributed by atoms with van der Waals surface area (Å²) in [6.07, 6.45) is 6.00. The third kappa shape index (κ3) is 4.30. The average molecular weight is 373 g/mol. The van der Waals surface area contributed by atoms with Crippen LogP contribution >= 0.6 is 0 Å². The van der Waals surface area contributed by atoms with Crippen LogP contribution in [-0.4, -0.2) is 65.7 Å². The molecule has 27 heavy (non-hydrogen) atoms. The first kappa shape index (κ1) is 18.8. The zero-order valence-electron chi connectivity index (χ0n) is 16.2. The minimum absolute atomic E-state index is 0.155. The number of hydrogen-bond donors (Lipinski definition) is 1.